The van der Waals surface area contributed by atoms with Gasteiger partial charge >= 0.3 is 5.97 Å². The van der Waals surface area contributed by atoms with Crippen molar-refractivity contribution in [3.05, 3.63) is 48.0 Å². The second kappa shape index (κ2) is 8.35. The number of thioether (sulfide) groups is 1. The van der Waals surface area contributed by atoms with Gasteiger partial charge in [-0.1, -0.05) is 43.8 Å². The topological polar surface area (TPSA) is 54.0 Å². The molecular formula is C21H28O5S. The van der Waals surface area contributed by atoms with E-state index >= 15 is 0 Å². The molecule has 2 fully saturated rings. The van der Waals surface area contributed by atoms with Crippen LogP contribution in [0.4, 0.5) is 0 Å². The van der Waals surface area contributed by atoms with Crippen LogP contribution in [-0.4, -0.2) is 42.1 Å². The van der Waals surface area contributed by atoms with Gasteiger partial charge in [0.15, 0.2) is 12.4 Å². The lowest BCUT2D eigenvalue weighted by atomic mass is 9.94. The molecule has 0 aromatic heterocycles. The normalized spacial score (nSPS) is 31.3. The van der Waals surface area contributed by atoms with Gasteiger partial charge in [-0.15, -0.1) is 11.8 Å². The van der Waals surface area contributed by atoms with Crippen molar-refractivity contribution in [3.63, 3.8) is 0 Å². The standard InChI is InChI=1S/C21H28O5S/c1-6-27-19-13(2)16(26-20(22)21(3,4)5)17-15(24-19)12-23-18(25-17)14-10-8-7-9-11-14/h7-11,15-19H,2,6,12H2,1,3-5H3/t15-,16-,17-,18-,19-/m1/s1. The molecule has 0 unspecified atom stereocenters. The molecule has 5 atom stereocenters. The molecule has 0 saturated carbocycles. The number of carbonyl (C=O) groups is 1. The summed E-state index contributed by atoms with van der Waals surface area (Å²) in [7, 11) is 0. The summed E-state index contributed by atoms with van der Waals surface area (Å²) in [6, 6.07) is 9.73. The van der Waals surface area contributed by atoms with Crippen molar-refractivity contribution in [2.24, 2.45) is 5.41 Å². The van der Waals surface area contributed by atoms with Crippen LogP contribution in [-0.2, 0) is 23.7 Å². The Bertz CT molecular complexity index is 669. The van der Waals surface area contributed by atoms with Gasteiger partial charge in [0.25, 0.3) is 0 Å². The number of benzene rings is 1. The molecule has 2 aliphatic heterocycles. The smallest absolute Gasteiger partial charge is 0.311 e. The van der Waals surface area contributed by atoms with Gasteiger partial charge in [0, 0.05) is 11.1 Å². The van der Waals surface area contributed by atoms with Gasteiger partial charge in [-0.2, -0.15) is 0 Å². The monoisotopic (exact) mass is 392 g/mol. The second-order valence-electron chi connectivity index (χ2n) is 7.79. The van der Waals surface area contributed by atoms with E-state index < -0.39 is 23.9 Å². The maximum atomic E-state index is 12.6. The van der Waals surface area contributed by atoms with E-state index in [0.717, 1.165) is 16.9 Å². The molecule has 2 saturated heterocycles. The van der Waals surface area contributed by atoms with Crippen LogP contribution < -0.4 is 0 Å². The Kier molecular flexibility index (Phi) is 6.31. The molecule has 3 rings (SSSR count). The molecule has 0 amide bonds. The summed E-state index contributed by atoms with van der Waals surface area (Å²) in [5.74, 6) is 0.593. The van der Waals surface area contributed by atoms with Gasteiger partial charge in [0.2, 0.25) is 0 Å². The Balaban J connectivity index is 1.83. The van der Waals surface area contributed by atoms with Crippen molar-refractivity contribution in [2.45, 2.75) is 57.7 Å². The van der Waals surface area contributed by atoms with Crippen LogP contribution in [0.25, 0.3) is 0 Å². The van der Waals surface area contributed by atoms with Crippen LogP contribution in [0.3, 0.4) is 0 Å². The summed E-state index contributed by atoms with van der Waals surface area (Å²) in [5, 5.41) is 0. The molecule has 2 heterocycles. The number of esters is 1. The fourth-order valence-corrected chi connectivity index (χ4v) is 3.91. The Labute approximate surface area is 165 Å². The molecule has 0 N–H and O–H groups in total. The Morgan fingerprint density at radius 1 is 1.26 bits per heavy atom. The minimum absolute atomic E-state index is 0.241. The first-order valence-corrected chi connectivity index (χ1v) is 10.3. The van der Waals surface area contributed by atoms with E-state index in [4.69, 9.17) is 18.9 Å². The van der Waals surface area contributed by atoms with E-state index in [2.05, 4.69) is 13.5 Å². The second-order valence-corrected chi connectivity index (χ2v) is 9.13. The lowest BCUT2D eigenvalue weighted by Crippen LogP contribution is -2.57. The average Bonchev–Trinajstić information content (AvgIpc) is 2.64. The van der Waals surface area contributed by atoms with E-state index in [1.165, 1.54) is 0 Å². The summed E-state index contributed by atoms with van der Waals surface area (Å²) in [6.07, 6.45) is -1.83. The first-order valence-electron chi connectivity index (χ1n) is 9.30. The van der Waals surface area contributed by atoms with E-state index in [-0.39, 0.29) is 17.5 Å². The maximum absolute atomic E-state index is 12.6. The van der Waals surface area contributed by atoms with Gasteiger partial charge in [-0.3, -0.25) is 4.79 Å². The predicted octanol–water partition coefficient (Wildman–Crippen LogP) is 4.09. The highest BCUT2D eigenvalue weighted by Gasteiger charge is 2.49. The van der Waals surface area contributed by atoms with Crippen molar-refractivity contribution in [3.8, 4) is 0 Å². The summed E-state index contributed by atoms with van der Waals surface area (Å²) >= 11 is 1.63. The third-order valence-electron chi connectivity index (χ3n) is 4.56. The molecule has 2 aliphatic rings. The Hall–Kier alpha value is -1.34. The van der Waals surface area contributed by atoms with Crippen molar-refractivity contribution < 1.29 is 23.7 Å². The minimum atomic E-state index is -0.606. The van der Waals surface area contributed by atoms with Crippen molar-refractivity contribution >= 4 is 17.7 Å². The molecule has 6 heteroatoms. The lowest BCUT2D eigenvalue weighted by molar-refractivity contribution is -0.294. The van der Waals surface area contributed by atoms with E-state index in [1.54, 1.807) is 11.8 Å². The zero-order valence-corrected chi connectivity index (χ0v) is 17.2. The fourth-order valence-electron chi connectivity index (χ4n) is 3.04. The van der Waals surface area contributed by atoms with Crippen LogP contribution in [0.1, 0.15) is 39.5 Å². The van der Waals surface area contributed by atoms with Gasteiger partial charge in [-0.05, 0) is 26.5 Å². The van der Waals surface area contributed by atoms with Crippen molar-refractivity contribution in [2.75, 3.05) is 12.4 Å². The highest BCUT2D eigenvalue weighted by molar-refractivity contribution is 7.99. The van der Waals surface area contributed by atoms with Crippen molar-refractivity contribution in [1.29, 1.82) is 0 Å². The van der Waals surface area contributed by atoms with Crippen LogP contribution >= 0.6 is 11.8 Å². The summed E-state index contributed by atoms with van der Waals surface area (Å²) in [4.78, 5) is 12.6. The highest BCUT2D eigenvalue weighted by Crippen LogP contribution is 2.40. The number of rotatable bonds is 4. The molecular weight excluding hydrogens is 364 g/mol. The van der Waals surface area contributed by atoms with Gasteiger partial charge in [0.1, 0.15) is 17.6 Å². The molecule has 5 nitrogen and oxygen atoms in total. The summed E-state index contributed by atoms with van der Waals surface area (Å²) in [6.45, 7) is 12.1. The quantitative estimate of drug-likeness (QED) is 0.568. The number of hydrogen-bond acceptors (Lipinski definition) is 6. The van der Waals surface area contributed by atoms with Crippen LogP contribution in [0, 0.1) is 5.41 Å². The summed E-state index contributed by atoms with van der Waals surface area (Å²) < 4.78 is 24.1. The molecule has 148 valence electrons. The zero-order chi connectivity index (χ0) is 19.6. The lowest BCUT2D eigenvalue weighted by Gasteiger charge is -2.46. The van der Waals surface area contributed by atoms with Gasteiger partial charge in [0.05, 0.1) is 12.0 Å². The number of fused-ring (bicyclic) bond motifs is 1. The molecule has 0 spiro atoms. The molecule has 0 aliphatic carbocycles. The predicted molar refractivity (Wildman–Crippen MR) is 105 cm³/mol. The third-order valence-corrected chi connectivity index (χ3v) is 5.61. The van der Waals surface area contributed by atoms with Gasteiger partial charge in [-0.25, -0.2) is 0 Å². The molecule has 1 aromatic rings. The van der Waals surface area contributed by atoms with Crippen LogP contribution in [0.2, 0.25) is 0 Å². The molecule has 0 radical (unpaired) electrons. The molecule has 0 bridgehead atoms. The third kappa shape index (κ3) is 4.57. The first-order chi connectivity index (χ1) is 12.8. The number of carbonyl (C=O) groups excluding carboxylic acids is 1. The Morgan fingerprint density at radius 3 is 2.59 bits per heavy atom. The zero-order valence-electron chi connectivity index (χ0n) is 16.3. The SMILES string of the molecule is C=C1[C@@H](SCC)O[C@@H]2CO[C@@H](c3ccccc3)O[C@H]2[C@@H]1OC(=O)C(C)(C)C. The number of ether oxygens (including phenoxy) is 4. The van der Waals surface area contributed by atoms with E-state index in [0.29, 0.717) is 6.61 Å². The highest BCUT2D eigenvalue weighted by atomic mass is 32.2. The van der Waals surface area contributed by atoms with Gasteiger partial charge < -0.3 is 18.9 Å². The molecule has 1 aromatic carbocycles. The first kappa shape index (κ1) is 20.4. The summed E-state index contributed by atoms with van der Waals surface area (Å²) in [5.41, 5.74) is 0.808. The minimum Gasteiger partial charge on any atom is -0.454 e. The fraction of sp³-hybridized carbons (Fsp3) is 0.571. The van der Waals surface area contributed by atoms with Crippen LogP contribution in [0.5, 0.6) is 0 Å². The maximum Gasteiger partial charge on any atom is 0.311 e. The largest absolute Gasteiger partial charge is 0.454 e. The number of hydrogen-bond donors (Lipinski definition) is 0. The van der Waals surface area contributed by atoms with E-state index in [9.17, 15) is 4.79 Å². The van der Waals surface area contributed by atoms with E-state index in [1.807, 2.05) is 51.1 Å². The van der Waals surface area contributed by atoms with Crippen LogP contribution in [0.15, 0.2) is 42.5 Å². The Morgan fingerprint density at radius 2 is 1.96 bits per heavy atom. The van der Waals surface area contributed by atoms with Crippen molar-refractivity contribution in [1.82, 2.24) is 0 Å². The molecule has 27 heavy (non-hydrogen) atoms. The average molecular weight is 393 g/mol.